The van der Waals surface area contributed by atoms with Crippen LogP contribution in [0.3, 0.4) is 0 Å². The summed E-state index contributed by atoms with van der Waals surface area (Å²) in [4.78, 5) is 8.84. The Hall–Kier alpha value is -1.61. The minimum Gasteiger partial charge on any atom is -0.443 e. The number of hydrogen-bond donors (Lipinski definition) is 3. The van der Waals surface area contributed by atoms with Crippen LogP contribution in [0, 0.1) is 0 Å². The number of oxazole rings is 1. The van der Waals surface area contributed by atoms with Crippen LogP contribution >= 0.6 is 24.0 Å². The summed E-state index contributed by atoms with van der Waals surface area (Å²) in [6, 6.07) is 9.97. The average Bonchev–Trinajstić information content (AvgIpc) is 3.10. The van der Waals surface area contributed by atoms with Crippen LogP contribution in [0.4, 0.5) is 0 Å². The standard InChI is InChI=1S/C20H30N4O2.HI/c1-5-21-19(23-11-16(14-25)15-9-7-6-8-10-15)24-13-18-22-12-17(26-18)20(2,3)4;/h6-10,12,16,25H,5,11,13-14H2,1-4H3,(H2,21,23,24);1H. The van der Waals surface area contributed by atoms with Gasteiger partial charge < -0.3 is 20.2 Å². The molecular weight excluding hydrogens is 455 g/mol. The molecule has 0 saturated heterocycles. The molecule has 0 aliphatic heterocycles. The van der Waals surface area contributed by atoms with E-state index < -0.39 is 0 Å². The summed E-state index contributed by atoms with van der Waals surface area (Å²) >= 11 is 0. The van der Waals surface area contributed by atoms with Crippen molar-refractivity contribution < 1.29 is 9.52 Å². The van der Waals surface area contributed by atoms with Crippen LogP contribution in [-0.4, -0.2) is 35.7 Å². The Balaban J connectivity index is 0.00000364. The van der Waals surface area contributed by atoms with Gasteiger partial charge >= 0.3 is 0 Å². The Morgan fingerprint density at radius 2 is 1.93 bits per heavy atom. The molecular formula is C20H31IN4O2. The molecule has 2 rings (SSSR count). The molecule has 0 saturated carbocycles. The van der Waals surface area contributed by atoms with Crippen molar-refractivity contribution in [2.24, 2.45) is 4.99 Å². The van der Waals surface area contributed by atoms with Gasteiger partial charge in [-0.1, -0.05) is 51.1 Å². The van der Waals surface area contributed by atoms with Gasteiger partial charge in [-0.3, -0.25) is 0 Å². The van der Waals surface area contributed by atoms with Gasteiger partial charge in [0.15, 0.2) is 5.96 Å². The average molecular weight is 486 g/mol. The lowest BCUT2D eigenvalue weighted by Gasteiger charge is -2.18. The van der Waals surface area contributed by atoms with E-state index in [1.54, 1.807) is 6.20 Å². The Labute approximate surface area is 178 Å². The lowest BCUT2D eigenvalue weighted by molar-refractivity contribution is 0.265. The molecule has 150 valence electrons. The van der Waals surface area contributed by atoms with Crippen molar-refractivity contribution in [3.05, 3.63) is 53.7 Å². The van der Waals surface area contributed by atoms with Crippen LogP contribution in [0.25, 0.3) is 0 Å². The van der Waals surface area contributed by atoms with Crippen LogP contribution in [0.15, 0.2) is 45.9 Å². The molecule has 2 aromatic rings. The molecule has 7 heteroatoms. The first kappa shape index (κ1) is 23.4. The number of nitrogens with zero attached hydrogens (tertiary/aromatic N) is 2. The van der Waals surface area contributed by atoms with Crippen LogP contribution in [-0.2, 0) is 12.0 Å². The predicted molar refractivity (Wildman–Crippen MR) is 120 cm³/mol. The molecule has 1 heterocycles. The van der Waals surface area contributed by atoms with Gasteiger partial charge in [0.25, 0.3) is 0 Å². The van der Waals surface area contributed by atoms with Crippen LogP contribution in [0.5, 0.6) is 0 Å². The number of hydrogen-bond acceptors (Lipinski definition) is 4. The van der Waals surface area contributed by atoms with E-state index in [0.717, 1.165) is 17.9 Å². The van der Waals surface area contributed by atoms with E-state index in [0.29, 0.717) is 24.9 Å². The molecule has 3 N–H and O–H groups in total. The van der Waals surface area contributed by atoms with E-state index in [-0.39, 0.29) is 41.9 Å². The first-order chi connectivity index (χ1) is 12.4. The maximum Gasteiger partial charge on any atom is 0.216 e. The van der Waals surface area contributed by atoms with Crippen LogP contribution < -0.4 is 10.6 Å². The third kappa shape index (κ3) is 7.50. The van der Waals surface area contributed by atoms with E-state index in [4.69, 9.17) is 4.42 Å². The topological polar surface area (TPSA) is 82.7 Å². The highest BCUT2D eigenvalue weighted by atomic mass is 127. The first-order valence-corrected chi connectivity index (χ1v) is 9.07. The summed E-state index contributed by atoms with van der Waals surface area (Å²) in [5.41, 5.74) is 1.03. The summed E-state index contributed by atoms with van der Waals surface area (Å²) in [7, 11) is 0. The second kappa shape index (κ2) is 11.3. The molecule has 1 unspecified atom stereocenters. The minimum atomic E-state index is -0.0677. The van der Waals surface area contributed by atoms with E-state index in [1.165, 1.54) is 0 Å². The maximum absolute atomic E-state index is 9.68. The predicted octanol–water partition coefficient (Wildman–Crippen LogP) is 3.42. The summed E-state index contributed by atoms with van der Waals surface area (Å²) < 4.78 is 5.78. The van der Waals surface area contributed by atoms with Gasteiger partial charge in [0, 0.05) is 24.4 Å². The first-order valence-electron chi connectivity index (χ1n) is 9.07. The van der Waals surface area contributed by atoms with Gasteiger partial charge in [-0.25, -0.2) is 9.98 Å². The molecule has 0 spiro atoms. The fraction of sp³-hybridized carbons (Fsp3) is 0.500. The lowest BCUT2D eigenvalue weighted by Crippen LogP contribution is -2.39. The second-order valence-electron chi connectivity index (χ2n) is 7.23. The number of halogens is 1. The quantitative estimate of drug-likeness (QED) is 0.318. The molecule has 0 fully saturated rings. The van der Waals surface area contributed by atoms with Gasteiger partial charge in [-0.15, -0.1) is 24.0 Å². The smallest absolute Gasteiger partial charge is 0.216 e. The van der Waals surface area contributed by atoms with E-state index in [1.807, 2.05) is 37.3 Å². The van der Waals surface area contributed by atoms with E-state index >= 15 is 0 Å². The Morgan fingerprint density at radius 1 is 1.22 bits per heavy atom. The highest BCUT2D eigenvalue weighted by Crippen LogP contribution is 2.22. The molecule has 0 bridgehead atoms. The third-order valence-electron chi connectivity index (χ3n) is 4.02. The van der Waals surface area contributed by atoms with Gasteiger partial charge in [0.05, 0.1) is 12.8 Å². The van der Waals surface area contributed by atoms with Crippen LogP contribution in [0.2, 0.25) is 0 Å². The highest BCUT2D eigenvalue weighted by molar-refractivity contribution is 14.0. The second-order valence-corrected chi connectivity index (χ2v) is 7.23. The molecule has 1 atom stereocenters. The van der Waals surface area contributed by atoms with E-state index in [2.05, 4.69) is 41.4 Å². The number of aliphatic hydroxyl groups excluding tert-OH is 1. The normalized spacial score (nSPS) is 13.0. The number of benzene rings is 1. The fourth-order valence-electron chi connectivity index (χ4n) is 2.45. The molecule has 27 heavy (non-hydrogen) atoms. The van der Waals surface area contributed by atoms with E-state index in [9.17, 15) is 5.11 Å². The molecule has 0 aliphatic rings. The SMILES string of the molecule is CCNC(=NCc1ncc(C(C)(C)C)o1)NCC(CO)c1ccccc1.I. The minimum absolute atomic E-state index is 0. The monoisotopic (exact) mass is 486 g/mol. The van der Waals surface area contributed by atoms with Gasteiger partial charge in [0.2, 0.25) is 5.89 Å². The summed E-state index contributed by atoms with van der Waals surface area (Å²) in [5, 5.41) is 16.2. The Morgan fingerprint density at radius 3 is 2.48 bits per heavy atom. The third-order valence-corrected chi connectivity index (χ3v) is 4.02. The Kier molecular flexibility index (Phi) is 9.79. The molecule has 0 aliphatic carbocycles. The summed E-state index contributed by atoms with van der Waals surface area (Å²) in [6.07, 6.45) is 1.77. The Bertz CT molecular complexity index is 696. The zero-order valence-electron chi connectivity index (χ0n) is 16.5. The van der Waals surface area contributed by atoms with Crippen molar-refractivity contribution in [1.29, 1.82) is 0 Å². The zero-order chi connectivity index (χ0) is 19.0. The number of aromatic nitrogens is 1. The van der Waals surface area contributed by atoms with Crippen molar-refractivity contribution in [3.63, 3.8) is 0 Å². The highest BCUT2D eigenvalue weighted by Gasteiger charge is 2.19. The zero-order valence-corrected chi connectivity index (χ0v) is 18.9. The molecule has 6 nitrogen and oxygen atoms in total. The van der Waals surface area contributed by atoms with Crippen molar-refractivity contribution in [1.82, 2.24) is 15.6 Å². The molecule has 0 radical (unpaired) electrons. The van der Waals surface area contributed by atoms with Crippen molar-refractivity contribution in [2.45, 2.75) is 45.6 Å². The maximum atomic E-state index is 9.68. The van der Waals surface area contributed by atoms with Crippen LogP contribution in [0.1, 0.15) is 50.8 Å². The molecule has 1 aromatic carbocycles. The lowest BCUT2D eigenvalue weighted by atomic mass is 9.94. The van der Waals surface area contributed by atoms with Gasteiger partial charge in [-0.05, 0) is 12.5 Å². The molecule has 0 amide bonds. The number of aliphatic hydroxyl groups is 1. The van der Waals surface area contributed by atoms with Gasteiger partial charge in [0.1, 0.15) is 12.3 Å². The largest absolute Gasteiger partial charge is 0.443 e. The summed E-state index contributed by atoms with van der Waals surface area (Å²) in [5.74, 6) is 2.13. The van der Waals surface area contributed by atoms with Crippen molar-refractivity contribution in [3.8, 4) is 0 Å². The van der Waals surface area contributed by atoms with Gasteiger partial charge in [-0.2, -0.15) is 0 Å². The van der Waals surface area contributed by atoms with Crippen molar-refractivity contribution >= 4 is 29.9 Å². The number of nitrogens with one attached hydrogen (secondary N) is 2. The number of aliphatic imine (C=N–C) groups is 1. The fourth-order valence-corrected chi connectivity index (χ4v) is 2.45. The number of guanidine groups is 1. The molecule has 1 aromatic heterocycles. The summed E-state index contributed by atoms with van der Waals surface area (Å²) in [6.45, 7) is 10.1. The van der Waals surface area contributed by atoms with Crippen molar-refractivity contribution in [2.75, 3.05) is 19.7 Å². The number of rotatable bonds is 7.